The van der Waals surface area contributed by atoms with Gasteiger partial charge in [0, 0.05) is 0 Å². The third-order valence-corrected chi connectivity index (χ3v) is 2.45. The minimum atomic E-state index is -1.09. The number of anilines is 1. The van der Waals surface area contributed by atoms with Crippen LogP contribution in [0.5, 0.6) is 5.75 Å². The molecule has 6 heteroatoms. The Balaban J connectivity index is 2.93. The summed E-state index contributed by atoms with van der Waals surface area (Å²) >= 11 is 0. The van der Waals surface area contributed by atoms with Crippen LogP contribution in [0, 0.1) is 0 Å². The highest BCUT2D eigenvalue weighted by atomic mass is 16.6. The van der Waals surface area contributed by atoms with Gasteiger partial charge in [-0.15, -0.1) is 0 Å². The summed E-state index contributed by atoms with van der Waals surface area (Å²) in [4.78, 5) is 22.5. The maximum absolute atomic E-state index is 11.6. The summed E-state index contributed by atoms with van der Waals surface area (Å²) in [5.74, 6) is -1.42. The van der Waals surface area contributed by atoms with E-state index in [1.54, 1.807) is 13.8 Å². The van der Waals surface area contributed by atoms with Gasteiger partial charge in [-0.2, -0.15) is 0 Å². The lowest BCUT2D eigenvalue weighted by Gasteiger charge is -2.17. The van der Waals surface area contributed by atoms with Crippen LogP contribution in [0.3, 0.4) is 0 Å². The lowest BCUT2D eigenvalue weighted by atomic mass is 10.2. The second-order valence-corrected chi connectivity index (χ2v) is 3.82. The summed E-state index contributed by atoms with van der Waals surface area (Å²) in [6, 6.07) is 4.09. The molecule has 0 heterocycles. The topological polar surface area (TPSA) is 98.8 Å². The maximum Gasteiger partial charge on any atom is 0.347 e. The molecule has 1 atom stereocenters. The first-order valence-corrected chi connectivity index (χ1v) is 5.95. The molecule has 0 radical (unpaired) electrons. The molecule has 0 saturated carbocycles. The molecule has 0 aromatic heterocycles. The summed E-state index contributed by atoms with van der Waals surface area (Å²) < 4.78 is 10.3. The molecule has 0 saturated heterocycles. The highest BCUT2D eigenvalue weighted by Gasteiger charge is 2.21. The van der Waals surface area contributed by atoms with Crippen LogP contribution in [0.25, 0.3) is 0 Å². The Labute approximate surface area is 111 Å². The molecule has 104 valence electrons. The molecule has 19 heavy (non-hydrogen) atoms. The second kappa shape index (κ2) is 6.63. The van der Waals surface area contributed by atoms with E-state index in [1.165, 1.54) is 18.2 Å². The van der Waals surface area contributed by atoms with Crippen molar-refractivity contribution < 1.29 is 24.2 Å². The van der Waals surface area contributed by atoms with Gasteiger partial charge in [0.05, 0.1) is 17.9 Å². The van der Waals surface area contributed by atoms with Gasteiger partial charge in [-0.3, -0.25) is 0 Å². The minimum absolute atomic E-state index is 0.0444. The number of carboxylic acid groups (broad SMARTS) is 1. The molecule has 0 spiro atoms. The van der Waals surface area contributed by atoms with Gasteiger partial charge in [0.1, 0.15) is 5.75 Å². The van der Waals surface area contributed by atoms with Crippen LogP contribution in [0.15, 0.2) is 18.2 Å². The molecule has 1 aromatic carbocycles. The van der Waals surface area contributed by atoms with Crippen molar-refractivity contribution in [1.29, 1.82) is 0 Å². The average molecular weight is 267 g/mol. The van der Waals surface area contributed by atoms with E-state index in [0.717, 1.165) is 0 Å². The quantitative estimate of drug-likeness (QED) is 0.601. The van der Waals surface area contributed by atoms with Crippen LogP contribution in [-0.2, 0) is 9.53 Å². The zero-order chi connectivity index (χ0) is 14.4. The van der Waals surface area contributed by atoms with Gasteiger partial charge >= 0.3 is 11.9 Å². The first-order chi connectivity index (χ1) is 8.99. The highest BCUT2D eigenvalue weighted by molar-refractivity contribution is 5.89. The maximum atomic E-state index is 11.6. The van der Waals surface area contributed by atoms with Crippen molar-refractivity contribution in [3.8, 4) is 5.75 Å². The highest BCUT2D eigenvalue weighted by Crippen LogP contribution is 2.25. The average Bonchev–Trinajstić information content (AvgIpc) is 2.37. The molecule has 1 aromatic rings. The predicted molar refractivity (Wildman–Crippen MR) is 69.2 cm³/mol. The fourth-order valence-corrected chi connectivity index (χ4v) is 1.46. The molecule has 0 bridgehead atoms. The van der Waals surface area contributed by atoms with Gasteiger partial charge in [-0.05, 0) is 31.5 Å². The Morgan fingerprint density at radius 2 is 2.05 bits per heavy atom. The van der Waals surface area contributed by atoms with E-state index in [9.17, 15) is 9.59 Å². The monoisotopic (exact) mass is 267 g/mol. The number of esters is 1. The van der Waals surface area contributed by atoms with Crippen molar-refractivity contribution in [2.45, 2.75) is 26.4 Å². The van der Waals surface area contributed by atoms with Crippen LogP contribution in [0.1, 0.15) is 30.6 Å². The van der Waals surface area contributed by atoms with Crippen molar-refractivity contribution in [2.24, 2.45) is 0 Å². The molecular formula is C13H17NO5. The third kappa shape index (κ3) is 3.87. The number of carbonyl (C=O) groups is 2. The number of rotatable bonds is 6. The van der Waals surface area contributed by atoms with Crippen LogP contribution in [0.2, 0.25) is 0 Å². The van der Waals surface area contributed by atoms with Crippen molar-refractivity contribution in [3.05, 3.63) is 23.8 Å². The Morgan fingerprint density at radius 3 is 2.58 bits per heavy atom. The van der Waals surface area contributed by atoms with Crippen molar-refractivity contribution >= 4 is 17.6 Å². The number of nitrogen functional groups attached to an aromatic ring is 1. The number of nitrogens with two attached hydrogens (primary N) is 1. The molecule has 0 aliphatic carbocycles. The van der Waals surface area contributed by atoms with Gasteiger partial charge in [-0.25, -0.2) is 9.59 Å². The van der Waals surface area contributed by atoms with Crippen LogP contribution < -0.4 is 10.5 Å². The summed E-state index contributed by atoms with van der Waals surface area (Å²) in [6.45, 7) is 3.71. The molecule has 0 aliphatic rings. The standard InChI is InChI=1S/C13H17NO5/c1-3-10(13(17)18-4-2)19-11-7-8(12(15)16)5-6-9(11)14/h5-7,10H,3-4,14H2,1-2H3,(H,15,16). The van der Waals surface area contributed by atoms with E-state index >= 15 is 0 Å². The van der Waals surface area contributed by atoms with Crippen molar-refractivity contribution in [3.63, 3.8) is 0 Å². The van der Waals surface area contributed by atoms with E-state index in [-0.39, 0.29) is 23.6 Å². The second-order valence-electron chi connectivity index (χ2n) is 3.82. The Kier molecular flexibility index (Phi) is 5.17. The smallest absolute Gasteiger partial charge is 0.347 e. The Morgan fingerprint density at radius 1 is 1.37 bits per heavy atom. The summed E-state index contributed by atoms with van der Waals surface area (Å²) in [6.07, 6.45) is -0.401. The van der Waals surface area contributed by atoms with Gasteiger partial charge in [0.25, 0.3) is 0 Å². The van der Waals surface area contributed by atoms with E-state index < -0.39 is 18.0 Å². The largest absolute Gasteiger partial charge is 0.478 e. The van der Waals surface area contributed by atoms with Crippen LogP contribution in [0.4, 0.5) is 5.69 Å². The van der Waals surface area contributed by atoms with Gasteiger partial charge in [0.15, 0.2) is 6.10 Å². The van der Waals surface area contributed by atoms with Gasteiger partial charge in [-0.1, -0.05) is 6.92 Å². The molecule has 1 unspecified atom stereocenters. The Hall–Kier alpha value is -2.24. The van der Waals surface area contributed by atoms with E-state index in [1.807, 2.05) is 0 Å². The summed E-state index contributed by atoms with van der Waals surface area (Å²) in [7, 11) is 0. The van der Waals surface area contributed by atoms with Gasteiger partial charge < -0.3 is 20.3 Å². The van der Waals surface area contributed by atoms with E-state index in [4.69, 9.17) is 20.3 Å². The van der Waals surface area contributed by atoms with Gasteiger partial charge in [0.2, 0.25) is 0 Å². The fraction of sp³-hybridized carbons (Fsp3) is 0.385. The third-order valence-electron chi connectivity index (χ3n) is 2.45. The molecule has 0 aliphatic heterocycles. The van der Waals surface area contributed by atoms with Crippen molar-refractivity contribution in [1.82, 2.24) is 0 Å². The molecule has 6 nitrogen and oxygen atoms in total. The number of ether oxygens (including phenoxy) is 2. The van der Waals surface area contributed by atoms with E-state index in [2.05, 4.69) is 0 Å². The lowest BCUT2D eigenvalue weighted by molar-refractivity contribution is -0.151. The normalized spacial score (nSPS) is 11.7. The SMILES string of the molecule is CCOC(=O)C(CC)Oc1cc(C(=O)O)ccc1N. The first-order valence-electron chi connectivity index (χ1n) is 5.95. The number of aromatic carboxylic acids is 1. The zero-order valence-electron chi connectivity index (χ0n) is 10.9. The number of carboxylic acids is 1. The summed E-state index contributed by atoms with van der Waals surface area (Å²) in [5, 5.41) is 8.90. The number of benzene rings is 1. The predicted octanol–water partition coefficient (Wildman–Crippen LogP) is 1.69. The first kappa shape index (κ1) is 14.8. The molecule has 0 amide bonds. The molecular weight excluding hydrogens is 250 g/mol. The van der Waals surface area contributed by atoms with E-state index in [0.29, 0.717) is 6.42 Å². The molecule has 3 N–H and O–H groups in total. The number of hydrogen-bond donors (Lipinski definition) is 2. The van der Waals surface area contributed by atoms with Crippen LogP contribution in [-0.4, -0.2) is 29.8 Å². The van der Waals surface area contributed by atoms with Crippen LogP contribution >= 0.6 is 0 Å². The number of carbonyl (C=O) groups excluding carboxylic acids is 1. The molecule has 1 rings (SSSR count). The lowest BCUT2D eigenvalue weighted by Crippen LogP contribution is -2.29. The number of hydrogen-bond acceptors (Lipinski definition) is 5. The molecule has 0 fully saturated rings. The Bertz CT molecular complexity index is 472. The zero-order valence-corrected chi connectivity index (χ0v) is 10.9. The fourth-order valence-electron chi connectivity index (χ4n) is 1.46. The van der Waals surface area contributed by atoms with Crippen molar-refractivity contribution in [2.75, 3.05) is 12.3 Å². The minimum Gasteiger partial charge on any atom is -0.478 e. The summed E-state index contributed by atoms with van der Waals surface area (Å²) in [5.41, 5.74) is 6.01.